The van der Waals surface area contributed by atoms with Gasteiger partial charge in [-0.2, -0.15) is 13.2 Å². The molecule has 4 rings (SSSR count). The van der Waals surface area contributed by atoms with Crippen molar-refractivity contribution in [2.24, 2.45) is 0 Å². The molecule has 0 N–H and O–H groups in total. The van der Waals surface area contributed by atoms with Gasteiger partial charge in [-0.15, -0.1) is 0 Å². The van der Waals surface area contributed by atoms with E-state index in [1.807, 2.05) is 0 Å². The Kier molecular flexibility index (Phi) is 3.39. The third kappa shape index (κ3) is 2.50. The molecule has 114 valence electrons. The highest BCUT2D eigenvalue weighted by Crippen LogP contribution is 2.34. The summed E-state index contributed by atoms with van der Waals surface area (Å²) in [5.41, 5.74) is -0.748. The predicted molar refractivity (Wildman–Crippen MR) is 69.7 cm³/mol. The summed E-state index contributed by atoms with van der Waals surface area (Å²) in [5.74, 6) is -0.215. The van der Waals surface area contributed by atoms with Gasteiger partial charge in [-0.05, 0) is 25.1 Å². The fourth-order valence-electron chi connectivity index (χ4n) is 3.12. The van der Waals surface area contributed by atoms with Gasteiger partial charge >= 0.3 is 6.18 Å². The van der Waals surface area contributed by atoms with Crippen molar-refractivity contribution in [2.75, 3.05) is 19.6 Å². The van der Waals surface area contributed by atoms with Gasteiger partial charge < -0.3 is 4.90 Å². The first-order valence-corrected chi connectivity index (χ1v) is 6.98. The van der Waals surface area contributed by atoms with Crippen molar-refractivity contribution >= 4 is 5.91 Å². The molecule has 0 saturated carbocycles. The first-order chi connectivity index (χ1) is 9.90. The van der Waals surface area contributed by atoms with Crippen LogP contribution in [0.5, 0.6) is 0 Å². The molecule has 3 aliphatic heterocycles. The fraction of sp³-hybridized carbons (Fsp3) is 0.571. The van der Waals surface area contributed by atoms with E-state index in [0.717, 1.165) is 38.3 Å². The number of carbonyl (C=O) groups is 1. The number of fused-ring (bicyclic) bond motifs is 2. The topological polar surface area (TPSA) is 36.4 Å². The van der Waals surface area contributed by atoms with Gasteiger partial charge in [0, 0.05) is 31.4 Å². The maximum absolute atomic E-state index is 12.5. The zero-order valence-corrected chi connectivity index (χ0v) is 11.6. The molecule has 0 aromatic carbocycles. The molecule has 21 heavy (non-hydrogen) atoms. The summed E-state index contributed by atoms with van der Waals surface area (Å²) in [5, 5.41) is 0. The Hall–Kier alpha value is -1.63. The molecule has 4 heterocycles. The fourth-order valence-corrected chi connectivity index (χ4v) is 3.12. The number of rotatable bonds is 2. The van der Waals surface area contributed by atoms with E-state index in [0.29, 0.717) is 0 Å². The van der Waals surface area contributed by atoms with Gasteiger partial charge in [0.2, 0.25) is 0 Å². The number of pyridine rings is 1. The number of halogens is 3. The van der Waals surface area contributed by atoms with Crippen LogP contribution in [0.15, 0.2) is 18.3 Å². The van der Waals surface area contributed by atoms with Crippen LogP contribution in [0, 0.1) is 0 Å². The number of piperazine rings is 1. The van der Waals surface area contributed by atoms with Crippen molar-refractivity contribution in [1.29, 1.82) is 0 Å². The maximum atomic E-state index is 12.5. The van der Waals surface area contributed by atoms with Crippen molar-refractivity contribution in [3.8, 4) is 0 Å². The summed E-state index contributed by atoms with van der Waals surface area (Å²) < 4.78 is 37.4. The summed E-state index contributed by atoms with van der Waals surface area (Å²) in [4.78, 5) is 19.8. The predicted octanol–water partition coefficient (Wildman–Crippen LogP) is 2.02. The first-order valence-electron chi connectivity index (χ1n) is 6.98. The molecular weight excluding hydrogens is 283 g/mol. The van der Waals surface area contributed by atoms with Crippen LogP contribution in [0.4, 0.5) is 13.2 Å². The molecule has 3 aliphatic rings. The third-order valence-corrected chi connectivity index (χ3v) is 4.25. The zero-order chi connectivity index (χ0) is 15.2. The molecule has 2 bridgehead atoms. The summed E-state index contributed by atoms with van der Waals surface area (Å²) in [6.07, 6.45) is -2.47. The van der Waals surface area contributed by atoms with Crippen molar-refractivity contribution in [3.05, 3.63) is 29.6 Å². The van der Waals surface area contributed by atoms with E-state index >= 15 is 0 Å². The third-order valence-electron chi connectivity index (χ3n) is 4.25. The average Bonchev–Trinajstić information content (AvgIpc) is 2.46. The molecule has 4 nitrogen and oxygen atoms in total. The summed E-state index contributed by atoms with van der Waals surface area (Å²) in [6.45, 7) is 4.72. The molecule has 3 saturated heterocycles. The number of hydrogen-bond donors (Lipinski definition) is 0. The van der Waals surface area contributed by atoms with Gasteiger partial charge in [0.25, 0.3) is 5.91 Å². The van der Waals surface area contributed by atoms with E-state index in [-0.39, 0.29) is 23.6 Å². The number of hydrogen-bond acceptors (Lipinski definition) is 3. The van der Waals surface area contributed by atoms with E-state index in [2.05, 4.69) is 16.8 Å². The minimum absolute atomic E-state index is 0.179. The molecular formula is C14H16F3N3O. The Labute approximate surface area is 120 Å². The van der Waals surface area contributed by atoms with Crippen LogP contribution in [-0.2, 0) is 6.18 Å². The number of alkyl halides is 3. The SMILES string of the molecule is CCN1CC2CC(C1)N2C(=O)c1ccc(C(F)(F)F)nc1. The highest BCUT2D eigenvalue weighted by atomic mass is 19.4. The summed E-state index contributed by atoms with van der Waals surface area (Å²) in [7, 11) is 0. The molecule has 1 amide bonds. The second-order valence-corrected chi connectivity index (χ2v) is 5.54. The number of piperidine rings is 1. The van der Waals surface area contributed by atoms with Crippen LogP contribution in [0.25, 0.3) is 0 Å². The molecule has 0 spiro atoms. The molecule has 1 aromatic rings. The molecule has 3 fully saturated rings. The lowest BCUT2D eigenvalue weighted by molar-refractivity contribution is -0.141. The monoisotopic (exact) mass is 299 g/mol. The quantitative estimate of drug-likeness (QED) is 0.838. The highest BCUT2D eigenvalue weighted by Gasteiger charge is 2.47. The zero-order valence-electron chi connectivity index (χ0n) is 11.6. The van der Waals surface area contributed by atoms with Gasteiger partial charge in [0.1, 0.15) is 5.69 Å². The van der Waals surface area contributed by atoms with Crippen molar-refractivity contribution in [2.45, 2.75) is 31.6 Å². The molecule has 0 radical (unpaired) electrons. The smallest absolute Gasteiger partial charge is 0.330 e. The van der Waals surface area contributed by atoms with E-state index in [1.165, 1.54) is 6.07 Å². The maximum Gasteiger partial charge on any atom is 0.433 e. The number of carbonyl (C=O) groups excluding carboxylic acids is 1. The molecule has 7 heteroatoms. The first kappa shape index (κ1) is 14.3. The van der Waals surface area contributed by atoms with Crippen molar-refractivity contribution < 1.29 is 18.0 Å². The van der Waals surface area contributed by atoms with Crippen LogP contribution in [-0.4, -0.2) is 52.4 Å². The van der Waals surface area contributed by atoms with E-state index < -0.39 is 11.9 Å². The Morgan fingerprint density at radius 2 is 2.00 bits per heavy atom. The lowest BCUT2D eigenvalue weighted by atomic mass is 9.86. The molecule has 1 aromatic heterocycles. The number of aromatic nitrogens is 1. The number of amides is 1. The van der Waals surface area contributed by atoms with Crippen LogP contribution in [0.1, 0.15) is 29.4 Å². The van der Waals surface area contributed by atoms with Crippen LogP contribution >= 0.6 is 0 Å². The van der Waals surface area contributed by atoms with Gasteiger partial charge in [0.05, 0.1) is 5.56 Å². The van der Waals surface area contributed by atoms with Gasteiger partial charge in [-0.25, -0.2) is 0 Å². The number of likely N-dealkylation sites (N-methyl/N-ethyl adjacent to an activating group) is 1. The second kappa shape index (κ2) is 4.98. The Bertz CT molecular complexity index is 531. The summed E-state index contributed by atoms with van der Waals surface area (Å²) >= 11 is 0. The Balaban J connectivity index is 1.72. The lowest BCUT2D eigenvalue weighted by Crippen LogP contribution is -2.70. The normalized spacial score (nSPS) is 25.6. The van der Waals surface area contributed by atoms with Gasteiger partial charge in [0.15, 0.2) is 0 Å². The van der Waals surface area contributed by atoms with Gasteiger partial charge in [-0.1, -0.05) is 6.92 Å². The minimum atomic E-state index is -4.48. The minimum Gasteiger partial charge on any atom is -0.330 e. The van der Waals surface area contributed by atoms with Crippen LogP contribution in [0.3, 0.4) is 0 Å². The standard InChI is InChI=1S/C14H16F3N3O/c1-2-19-7-10-5-11(8-19)20(10)13(21)9-3-4-12(18-6-9)14(15,16)17/h3-4,6,10-11H,2,5,7-8H2,1H3. The number of nitrogens with zero attached hydrogens (tertiary/aromatic N) is 3. The highest BCUT2D eigenvalue weighted by molar-refractivity contribution is 5.95. The Morgan fingerprint density at radius 3 is 2.48 bits per heavy atom. The van der Waals surface area contributed by atoms with Crippen LogP contribution in [0.2, 0.25) is 0 Å². The van der Waals surface area contributed by atoms with E-state index in [9.17, 15) is 18.0 Å². The summed E-state index contributed by atoms with van der Waals surface area (Å²) in [6, 6.07) is 2.43. The molecule has 2 unspecified atom stereocenters. The van der Waals surface area contributed by atoms with Crippen LogP contribution < -0.4 is 0 Å². The average molecular weight is 299 g/mol. The van der Waals surface area contributed by atoms with Crippen molar-refractivity contribution in [1.82, 2.24) is 14.8 Å². The van der Waals surface area contributed by atoms with E-state index in [4.69, 9.17) is 0 Å². The van der Waals surface area contributed by atoms with Gasteiger partial charge in [-0.3, -0.25) is 14.7 Å². The molecule has 2 atom stereocenters. The lowest BCUT2D eigenvalue weighted by Gasteiger charge is -2.56. The Morgan fingerprint density at radius 1 is 1.33 bits per heavy atom. The van der Waals surface area contributed by atoms with Crippen molar-refractivity contribution in [3.63, 3.8) is 0 Å². The second-order valence-electron chi connectivity index (χ2n) is 5.54. The largest absolute Gasteiger partial charge is 0.433 e. The van der Waals surface area contributed by atoms with E-state index in [1.54, 1.807) is 4.90 Å². The molecule has 0 aliphatic carbocycles.